The Morgan fingerprint density at radius 3 is 2.64 bits per heavy atom. The minimum atomic E-state index is -0.834. The predicted molar refractivity (Wildman–Crippen MR) is 86.7 cm³/mol. The minimum absolute atomic E-state index is 0. The van der Waals surface area contributed by atoms with Crippen molar-refractivity contribution in [3.63, 3.8) is 0 Å². The van der Waals surface area contributed by atoms with E-state index in [1.165, 1.54) is 12.1 Å². The number of hydrogen-bond acceptors (Lipinski definition) is 3. The van der Waals surface area contributed by atoms with Crippen LogP contribution in [0, 0.1) is 11.7 Å². The number of benzene rings is 1. The van der Waals surface area contributed by atoms with E-state index in [-0.39, 0.29) is 30.0 Å². The van der Waals surface area contributed by atoms with Crippen LogP contribution >= 0.6 is 12.4 Å². The summed E-state index contributed by atoms with van der Waals surface area (Å²) in [6, 6.07) is 5.99. The maximum absolute atomic E-state index is 12.8. The molecule has 1 aliphatic rings. The highest BCUT2D eigenvalue weighted by Crippen LogP contribution is 2.20. The molecule has 1 saturated heterocycles. The third-order valence-electron chi connectivity index (χ3n) is 3.66. The quantitative estimate of drug-likeness (QED) is 0.923. The molecule has 1 fully saturated rings. The van der Waals surface area contributed by atoms with E-state index in [1.54, 1.807) is 26.0 Å². The fraction of sp³-hybridized carbons (Fsp3) is 0.562. The SMILES string of the molecule is CC(C)(N)C(=O)N1CCCC(COc2ccc(F)cc2)C1.Cl. The van der Waals surface area contributed by atoms with E-state index in [2.05, 4.69) is 0 Å². The molecule has 1 amide bonds. The standard InChI is InChI=1S/C16H23FN2O2.ClH/c1-16(2,18)15(20)19-9-3-4-12(10-19)11-21-14-7-5-13(17)6-8-14;/h5-8,12H,3-4,9-11,18H2,1-2H3;1H. The van der Waals surface area contributed by atoms with Crippen molar-refractivity contribution in [2.75, 3.05) is 19.7 Å². The van der Waals surface area contributed by atoms with Gasteiger partial charge in [-0.1, -0.05) is 0 Å². The first-order valence-corrected chi connectivity index (χ1v) is 7.33. The van der Waals surface area contributed by atoms with Gasteiger partial charge in [0.25, 0.3) is 0 Å². The average Bonchev–Trinajstić information content (AvgIpc) is 2.45. The molecule has 0 saturated carbocycles. The number of carbonyl (C=O) groups is 1. The van der Waals surface area contributed by atoms with E-state index < -0.39 is 5.54 Å². The van der Waals surface area contributed by atoms with Gasteiger partial charge in [0.1, 0.15) is 11.6 Å². The van der Waals surface area contributed by atoms with Crippen molar-refractivity contribution in [3.05, 3.63) is 30.1 Å². The second-order valence-corrected chi connectivity index (χ2v) is 6.25. The van der Waals surface area contributed by atoms with Crippen molar-refractivity contribution >= 4 is 18.3 Å². The van der Waals surface area contributed by atoms with Crippen LogP contribution in [0.25, 0.3) is 0 Å². The monoisotopic (exact) mass is 330 g/mol. The zero-order valence-corrected chi connectivity index (χ0v) is 13.9. The molecule has 0 aromatic heterocycles. The van der Waals surface area contributed by atoms with Crippen LogP contribution in [0.4, 0.5) is 4.39 Å². The Labute approximate surface area is 137 Å². The summed E-state index contributed by atoms with van der Waals surface area (Å²) in [7, 11) is 0. The maximum atomic E-state index is 12.8. The summed E-state index contributed by atoms with van der Waals surface area (Å²) in [5.41, 5.74) is 5.04. The van der Waals surface area contributed by atoms with Crippen molar-refractivity contribution in [1.29, 1.82) is 0 Å². The molecule has 1 atom stereocenters. The number of likely N-dealkylation sites (tertiary alicyclic amines) is 1. The predicted octanol–water partition coefficient (Wildman–Crippen LogP) is 2.60. The molecule has 4 nitrogen and oxygen atoms in total. The minimum Gasteiger partial charge on any atom is -0.493 e. The van der Waals surface area contributed by atoms with Gasteiger partial charge < -0.3 is 15.4 Å². The van der Waals surface area contributed by atoms with E-state index in [4.69, 9.17) is 10.5 Å². The van der Waals surface area contributed by atoms with Gasteiger partial charge in [0.05, 0.1) is 12.1 Å². The van der Waals surface area contributed by atoms with Crippen LogP contribution in [0.1, 0.15) is 26.7 Å². The smallest absolute Gasteiger partial charge is 0.242 e. The number of rotatable bonds is 4. The largest absolute Gasteiger partial charge is 0.493 e. The number of carbonyl (C=O) groups excluding carboxylic acids is 1. The van der Waals surface area contributed by atoms with Crippen LogP contribution in [0.5, 0.6) is 5.75 Å². The lowest BCUT2D eigenvalue weighted by Gasteiger charge is -2.36. The molecule has 1 unspecified atom stereocenters. The van der Waals surface area contributed by atoms with E-state index in [1.807, 2.05) is 4.90 Å². The van der Waals surface area contributed by atoms with Crippen molar-refractivity contribution in [2.24, 2.45) is 11.7 Å². The van der Waals surface area contributed by atoms with Crippen LogP contribution in [0.2, 0.25) is 0 Å². The number of ether oxygens (including phenoxy) is 1. The van der Waals surface area contributed by atoms with Gasteiger partial charge in [-0.05, 0) is 51.0 Å². The van der Waals surface area contributed by atoms with Gasteiger partial charge in [0.2, 0.25) is 5.91 Å². The van der Waals surface area contributed by atoms with E-state index in [0.29, 0.717) is 18.9 Å². The highest BCUT2D eigenvalue weighted by atomic mass is 35.5. The summed E-state index contributed by atoms with van der Waals surface area (Å²) < 4.78 is 18.5. The zero-order chi connectivity index (χ0) is 15.5. The number of halogens is 2. The summed E-state index contributed by atoms with van der Waals surface area (Å²) in [5.74, 6) is 0.644. The van der Waals surface area contributed by atoms with Crippen LogP contribution < -0.4 is 10.5 Å². The molecule has 0 spiro atoms. The summed E-state index contributed by atoms with van der Waals surface area (Å²) >= 11 is 0. The molecule has 124 valence electrons. The van der Waals surface area contributed by atoms with Crippen molar-refractivity contribution in [2.45, 2.75) is 32.2 Å². The van der Waals surface area contributed by atoms with Crippen LogP contribution in [0.15, 0.2) is 24.3 Å². The molecule has 1 heterocycles. The molecule has 0 aliphatic carbocycles. The molecule has 2 N–H and O–H groups in total. The second kappa shape index (κ2) is 7.79. The third-order valence-corrected chi connectivity index (χ3v) is 3.66. The lowest BCUT2D eigenvalue weighted by molar-refractivity contribution is -0.137. The Hall–Kier alpha value is -1.33. The Morgan fingerprint density at radius 1 is 1.41 bits per heavy atom. The molecule has 6 heteroatoms. The Bertz CT molecular complexity index is 488. The molecular formula is C16H24ClFN2O2. The summed E-state index contributed by atoms with van der Waals surface area (Å²) in [4.78, 5) is 14.0. The number of hydrogen-bond donors (Lipinski definition) is 1. The van der Waals surface area contributed by atoms with Crippen molar-refractivity contribution in [1.82, 2.24) is 4.90 Å². The van der Waals surface area contributed by atoms with Gasteiger partial charge in [-0.25, -0.2) is 4.39 Å². The van der Waals surface area contributed by atoms with Crippen molar-refractivity contribution in [3.8, 4) is 5.75 Å². The van der Waals surface area contributed by atoms with E-state index >= 15 is 0 Å². The fourth-order valence-electron chi connectivity index (χ4n) is 2.54. The Balaban J connectivity index is 0.00000242. The lowest BCUT2D eigenvalue weighted by Crippen LogP contribution is -2.54. The summed E-state index contributed by atoms with van der Waals surface area (Å²) in [6.07, 6.45) is 1.98. The molecule has 1 aliphatic heterocycles. The normalized spacial score (nSPS) is 18.5. The molecule has 0 bridgehead atoms. The second-order valence-electron chi connectivity index (χ2n) is 6.25. The molecule has 22 heavy (non-hydrogen) atoms. The average molecular weight is 331 g/mol. The molecule has 1 aromatic carbocycles. The Morgan fingerprint density at radius 2 is 2.05 bits per heavy atom. The maximum Gasteiger partial charge on any atom is 0.242 e. The van der Waals surface area contributed by atoms with Gasteiger partial charge in [0.15, 0.2) is 0 Å². The van der Waals surface area contributed by atoms with Gasteiger partial charge in [-0.15, -0.1) is 12.4 Å². The molecule has 0 radical (unpaired) electrons. The molecular weight excluding hydrogens is 307 g/mol. The molecule has 2 rings (SSSR count). The first kappa shape index (κ1) is 18.7. The van der Waals surface area contributed by atoms with Gasteiger partial charge in [-0.2, -0.15) is 0 Å². The number of piperidine rings is 1. The fourth-order valence-corrected chi connectivity index (χ4v) is 2.54. The highest BCUT2D eigenvalue weighted by Gasteiger charge is 2.31. The van der Waals surface area contributed by atoms with E-state index in [0.717, 1.165) is 19.4 Å². The summed E-state index contributed by atoms with van der Waals surface area (Å²) in [5, 5.41) is 0. The third kappa shape index (κ3) is 5.14. The number of nitrogens with zero attached hydrogens (tertiary/aromatic N) is 1. The van der Waals surface area contributed by atoms with Gasteiger partial charge >= 0.3 is 0 Å². The van der Waals surface area contributed by atoms with Crippen molar-refractivity contribution < 1.29 is 13.9 Å². The topological polar surface area (TPSA) is 55.6 Å². The van der Waals surface area contributed by atoms with Crippen LogP contribution in [-0.2, 0) is 4.79 Å². The Kier molecular flexibility index (Phi) is 6.63. The first-order valence-electron chi connectivity index (χ1n) is 7.33. The summed E-state index contributed by atoms with van der Waals surface area (Å²) in [6.45, 7) is 5.41. The number of amides is 1. The zero-order valence-electron chi connectivity index (χ0n) is 13.0. The lowest BCUT2D eigenvalue weighted by atomic mass is 9.96. The van der Waals surface area contributed by atoms with Crippen LogP contribution in [-0.4, -0.2) is 36.0 Å². The number of nitrogens with two attached hydrogens (primary N) is 1. The van der Waals surface area contributed by atoms with Crippen LogP contribution in [0.3, 0.4) is 0 Å². The molecule has 1 aromatic rings. The first-order chi connectivity index (χ1) is 9.86. The van der Waals surface area contributed by atoms with Gasteiger partial charge in [-0.3, -0.25) is 4.79 Å². The van der Waals surface area contributed by atoms with E-state index in [9.17, 15) is 9.18 Å². The highest BCUT2D eigenvalue weighted by molar-refractivity contribution is 5.85. The van der Waals surface area contributed by atoms with Gasteiger partial charge in [0, 0.05) is 19.0 Å².